The fourth-order valence-corrected chi connectivity index (χ4v) is 3.78. The highest BCUT2D eigenvalue weighted by Crippen LogP contribution is 2.30. The summed E-state index contributed by atoms with van der Waals surface area (Å²) in [6, 6.07) is 4.35. The summed E-state index contributed by atoms with van der Waals surface area (Å²) < 4.78 is 0. The van der Waals surface area contributed by atoms with Crippen molar-refractivity contribution in [3.05, 3.63) is 35.4 Å². The Bertz CT molecular complexity index is 694. The van der Waals surface area contributed by atoms with E-state index in [4.69, 9.17) is 4.98 Å². The maximum atomic E-state index is 4.79. The molecule has 0 unspecified atom stereocenters. The van der Waals surface area contributed by atoms with Gasteiger partial charge in [-0.1, -0.05) is 0 Å². The lowest BCUT2D eigenvalue weighted by Crippen LogP contribution is -2.40. The number of rotatable bonds is 3. The number of piperidine rings is 1. The molecular weight excluding hydrogens is 300 g/mol. The largest absolute Gasteiger partial charge is 0.366 e. The summed E-state index contributed by atoms with van der Waals surface area (Å²) in [7, 11) is 0. The zero-order valence-corrected chi connectivity index (χ0v) is 14.2. The Morgan fingerprint density at radius 1 is 1.12 bits per heavy atom. The van der Waals surface area contributed by atoms with Gasteiger partial charge in [0.15, 0.2) is 0 Å². The van der Waals surface area contributed by atoms with Crippen molar-refractivity contribution in [2.75, 3.05) is 23.3 Å². The lowest BCUT2D eigenvalue weighted by atomic mass is 9.95. The molecule has 0 radical (unpaired) electrons. The molecule has 24 heavy (non-hydrogen) atoms. The lowest BCUT2D eigenvalue weighted by molar-refractivity contribution is 0.517. The summed E-state index contributed by atoms with van der Waals surface area (Å²) in [5.74, 6) is 2.96. The van der Waals surface area contributed by atoms with Gasteiger partial charge in [0.2, 0.25) is 0 Å². The number of aryl methyl sites for hydroxylation is 2. The number of nitrogens with one attached hydrogen (secondary N) is 1. The third kappa shape index (κ3) is 3.18. The maximum Gasteiger partial charge on any atom is 0.148 e. The zero-order valence-electron chi connectivity index (χ0n) is 14.2. The van der Waals surface area contributed by atoms with Gasteiger partial charge >= 0.3 is 0 Å². The molecule has 1 aliphatic carbocycles. The van der Waals surface area contributed by atoms with E-state index in [1.54, 1.807) is 6.20 Å². The number of anilines is 2. The van der Waals surface area contributed by atoms with Crippen LogP contribution in [0.3, 0.4) is 0 Å². The van der Waals surface area contributed by atoms with Gasteiger partial charge in [-0.3, -0.25) is 0 Å². The summed E-state index contributed by atoms with van der Waals surface area (Å²) in [5.41, 5.74) is 2.68. The molecule has 0 atom stereocenters. The molecule has 4 rings (SSSR count). The van der Waals surface area contributed by atoms with E-state index in [1.165, 1.54) is 29.9 Å². The van der Waals surface area contributed by atoms with Gasteiger partial charge in [0.1, 0.15) is 17.5 Å². The molecule has 0 aromatic carbocycles. The van der Waals surface area contributed by atoms with Crippen LogP contribution in [0.5, 0.6) is 0 Å². The van der Waals surface area contributed by atoms with Gasteiger partial charge in [0, 0.05) is 36.6 Å². The molecule has 1 saturated heterocycles. The van der Waals surface area contributed by atoms with Crippen LogP contribution in [0.4, 0.5) is 11.6 Å². The van der Waals surface area contributed by atoms with Crippen LogP contribution < -0.4 is 10.2 Å². The van der Waals surface area contributed by atoms with Crippen LogP contribution in [0.25, 0.3) is 0 Å². The Balaban J connectivity index is 1.45. The van der Waals surface area contributed by atoms with Crippen molar-refractivity contribution in [1.82, 2.24) is 20.2 Å². The lowest BCUT2D eigenvalue weighted by Gasteiger charge is -2.35. The minimum Gasteiger partial charge on any atom is -0.366 e. The number of fused-ring (bicyclic) bond motifs is 1. The smallest absolute Gasteiger partial charge is 0.148 e. The third-order valence-corrected chi connectivity index (χ3v) is 4.99. The first kappa shape index (κ1) is 15.3. The fraction of sp³-hybridized carbons (Fsp3) is 0.556. The monoisotopic (exact) mass is 324 g/mol. The van der Waals surface area contributed by atoms with Gasteiger partial charge in [-0.05, 0) is 57.6 Å². The van der Waals surface area contributed by atoms with Crippen molar-refractivity contribution < 1.29 is 0 Å². The van der Waals surface area contributed by atoms with Crippen LogP contribution >= 0.6 is 0 Å². The molecule has 126 valence electrons. The van der Waals surface area contributed by atoms with Crippen molar-refractivity contribution in [3.8, 4) is 0 Å². The molecule has 1 fully saturated rings. The van der Waals surface area contributed by atoms with Crippen molar-refractivity contribution in [3.63, 3.8) is 0 Å². The zero-order chi connectivity index (χ0) is 16.4. The minimum absolute atomic E-state index is 0.455. The van der Waals surface area contributed by atoms with Crippen LogP contribution in [-0.4, -0.2) is 39.3 Å². The average molecular weight is 324 g/mol. The molecule has 0 saturated carbocycles. The summed E-state index contributed by atoms with van der Waals surface area (Å²) >= 11 is 0. The van der Waals surface area contributed by atoms with Crippen molar-refractivity contribution >= 4 is 11.6 Å². The molecule has 1 N–H and O–H groups in total. The third-order valence-electron chi connectivity index (χ3n) is 4.99. The van der Waals surface area contributed by atoms with E-state index in [0.29, 0.717) is 6.04 Å². The molecule has 2 aromatic heterocycles. The fourth-order valence-electron chi connectivity index (χ4n) is 3.78. The molecule has 6 heteroatoms. The number of hydrogen-bond donors (Lipinski definition) is 1. The van der Waals surface area contributed by atoms with Gasteiger partial charge in [-0.2, -0.15) is 5.10 Å². The van der Waals surface area contributed by atoms with E-state index in [0.717, 1.165) is 50.4 Å². The van der Waals surface area contributed by atoms with E-state index in [-0.39, 0.29) is 0 Å². The van der Waals surface area contributed by atoms with E-state index in [1.807, 2.05) is 19.1 Å². The van der Waals surface area contributed by atoms with E-state index in [9.17, 15) is 0 Å². The first-order chi connectivity index (χ1) is 11.8. The molecule has 3 heterocycles. The predicted octanol–water partition coefficient (Wildman–Crippen LogP) is 2.53. The highest BCUT2D eigenvalue weighted by Gasteiger charge is 2.25. The van der Waals surface area contributed by atoms with Gasteiger partial charge in [0.05, 0.1) is 0 Å². The molecule has 6 nitrogen and oxygen atoms in total. The molecule has 0 bridgehead atoms. The van der Waals surface area contributed by atoms with E-state index < -0.39 is 0 Å². The highest BCUT2D eigenvalue weighted by atomic mass is 15.2. The van der Waals surface area contributed by atoms with Gasteiger partial charge < -0.3 is 10.2 Å². The Morgan fingerprint density at radius 3 is 2.75 bits per heavy atom. The number of nitrogens with zero attached hydrogens (tertiary/aromatic N) is 5. The Kier molecular flexibility index (Phi) is 4.28. The quantitative estimate of drug-likeness (QED) is 0.936. The van der Waals surface area contributed by atoms with Gasteiger partial charge in [-0.25, -0.2) is 9.97 Å². The van der Waals surface area contributed by atoms with E-state index >= 15 is 0 Å². The molecule has 1 aliphatic heterocycles. The first-order valence-electron chi connectivity index (χ1n) is 8.95. The molecule has 2 aromatic rings. The predicted molar refractivity (Wildman–Crippen MR) is 94.3 cm³/mol. The summed E-state index contributed by atoms with van der Waals surface area (Å²) in [4.78, 5) is 11.9. The van der Waals surface area contributed by atoms with Crippen LogP contribution in [0, 0.1) is 6.92 Å². The van der Waals surface area contributed by atoms with Crippen molar-refractivity contribution in [2.24, 2.45) is 0 Å². The minimum atomic E-state index is 0.455. The second-order valence-electron chi connectivity index (χ2n) is 6.74. The van der Waals surface area contributed by atoms with Crippen LogP contribution in [-0.2, 0) is 12.8 Å². The second kappa shape index (κ2) is 6.71. The standard InChI is InChI=1S/C18H24N6/c1-13-20-16-6-3-2-5-15(16)18(21-13)24-11-8-14(9-12-24)22-17-7-4-10-19-23-17/h4,7,10,14H,2-3,5-6,8-9,11-12H2,1H3,(H,22,23). The van der Waals surface area contributed by atoms with Gasteiger partial charge in [-0.15, -0.1) is 5.10 Å². The van der Waals surface area contributed by atoms with Crippen molar-refractivity contribution in [2.45, 2.75) is 51.5 Å². The summed E-state index contributed by atoms with van der Waals surface area (Å²) in [6.45, 7) is 4.07. The number of aromatic nitrogens is 4. The number of hydrogen-bond acceptors (Lipinski definition) is 6. The van der Waals surface area contributed by atoms with Crippen LogP contribution in [0.2, 0.25) is 0 Å². The summed E-state index contributed by atoms with van der Waals surface area (Å²) in [5, 5.41) is 11.5. The highest BCUT2D eigenvalue weighted by molar-refractivity contribution is 5.51. The first-order valence-corrected chi connectivity index (χ1v) is 8.95. The topological polar surface area (TPSA) is 66.8 Å². The molecular formula is C18H24N6. The maximum absolute atomic E-state index is 4.79. The van der Waals surface area contributed by atoms with Crippen LogP contribution in [0.1, 0.15) is 42.8 Å². The normalized spacial score (nSPS) is 18.3. The molecule has 0 amide bonds. The molecule has 2 aliphatic rings. The summed E-state index contributed by atoms with van der Waals surface area (Å²) in [6.07, 6.45) is 8.64. The Hall–Kier alpha value is -2.24. The molecule has 0 spiro atoms. The van der Waals surface area contributed by atoms with Crippen molar-refractivity contribution in [1.29, 1.82) is 0 Å². The average Bonchev–Trinajstić information content (AvgIpc) is 2.62. The Morgan fingerprint density at radius 2 is 1.96 bits per heavy atom. The Labute approximate surface area is 142 Å². The van der Waals surface area contributed by atoms with Gasteiger partial charge in [0.25, 0.3) is 0 Å². The second-order valence-corrected chi connectivity index (χ2v) is 6.74. The van der Waals surface area contributed by atoms with Crippen LogP contribution in [0.15, 0.2) is 18.3 Å². The SMILES string of the molecule is Cc1nc2c(c(N3CCC(Nc4cccnn4)CC3)n1)CCCC2. The van der Waals surface area contributed by atoms with E-state index in [2.05, 4.69) is 25.4 Å².